The number of nitro benzene ring substituents is 1. The molecule has 0 aliphatic rings. The van der Waals surface area contributed by atoms with Gasteiger partial charge >= 0.3 is 0 Å². The summed E-state index contributed by atoms with van der Waals surface area (Å²) in [6, 6.07) is 5.00. The summed E-state index contributed by atoms with van der Waals surface area (Å²) in [6.45, 7) is 7.00. The molecule has 0 aliphatic carbocycles. The zero-order chi connectivity index (χ0) is 12.8. The summed E-state index contributed by atoms with van der Waals surface area (Å²) in [5.41, 5.74) is 1.68. The third kappa shape index (κ3) is 4.40. The first kappa shape index (κ1) is 13.4. The molecule has 0 heterocycles. The smallest absolute Gasteiger partial charge is 0.272 e. The molecule has 0 unspecified atom stereocenters. The molecular weight excluding hydrogens is 220 g/mol. The van der Waals surface area contributed by atoms with E-state index in [-0.39, 0.29) is 16.7 Å². The maximum Gasteiger partial charge on any atom is 0.272 e. The van der Waals surface area contributed by atoms with Crippen molar-refractivity contribution in [3.63, 3.8) is 0 Å². The number of hydrogen-bond donors (Lipinski definition) is 1. The van der Waals surface area contributed by atoms with Gasteiger partial charge in [0.05, 0.1) is 17.6 Å². The Bertz CT molecular complexity index is 391. The van der Waals surface area contributed by atoms with Crippen LogP contribution in [0.25, 0.3) is 0 Å². The molecule has 1 N–H and O–H groups in total. The van der Waals surface area contributed by atoms with Gasteiger partial charge in [-0.15, -0.1) is 0 Å². The Balaban J connectivity index is 2.50. The number of nitro groups is 1. The fourth-order valence-corrected chi connectivity index (χ4v) is 1.46. The van der Waals surface area contributed by atoms with Crippen LogP contribution in [0.1, 0.15) is 19.4 Å². The Morgan fingerprint density at radius 1 is 1.47 bits per heavy atom. The van der Waals surface area contributed by atoms with E-state index in [0.29, 0.717) is 18.7 Å². The summed E-state index contributed by atoms with van der Waals surface area (Å²) in [4.78, 5) is 10.3. The molecule has 0 amide bonds. The maximum absolute atomic E-state index is 10.6. The second-order valence-corrected chi connectivity index (χ2v) is 4.10. The molecule has 0 aromatic heterocycles. The average Bonchev–Trinajstić information content (AvgIpc) is 2.23. The van der Waals surface area contributed by atoms with Crippen molar-refractivity contribution < 1.29 is 9.66 Å². The number of hydrogen-bond acceptors (Lipinski definition) is 4. The van der Waals surface area contributed by atoms with E-state index in [2.05, 4.69) is 5.32 Å². The summed E-state index contributed by atoms with van der Waals surface area (Å²) < 4.78 is 5.39. The average molecular weight is 238 g/mol. The van der Waals surface area contributed by atoms with Gasteiger partial charge in [0.2, 0.25) is 0 Å². The normalized spacial score (nSPS) is 10.6. The van der Waals surface area contributed by atoms with E-state index in [1.54, 1.807) is 19.1 Å². The minimum atomic E-state index is -0.374. The third-order valence-corrected chi connectivity index (χ3v) is 2.28. The van der Waals surface area contributed by atoms with Gasteiger partial charge in [-0.3, -0.25) is 10.1 Å². The lowest BCUT2D eigenvalue weighted by molar-refractivity contribution is -0.385. The van der Waals surface area contributed by atoms with Crippen molar-refractivity contribution in [3.8, 4) is 0 Å². The van der Waals surface area contributed by atoms with Gasteiger partial charge in [-0.05, 0) is 32.9 Å². The number of aryl methyl sites for hydroxylation is 1. The van der Waals surface area contributed by atoms with E-state index in [0.717, 1.165) is 5.69 Å². The number of ether oxygens (including phenoxy) is 1. The van der Waals surface area contributed by atoms with Crippen molar-refractivity contribution in [2.45, 2.75) is 26.9 Å². The summed E-state index contributed by atoms with van der Waals surface area (Å²) >= 11 is 0. The monoisotopic (exact) mass is 238 g/mol. The first-order chi connectivity index (χ1) is 8.00. The van der Waals surface area contributed by atoms with Crippen LogP contribution in [0, 0.1) is 17.0 Å². The van der Waals surface area contributed by atoms with Gasteiger partial charge in [0.15, 0.2) is 0 Å². The van der Waals surface area contributed by atoms with E-state index in [1.807, 2.05) is 13.8 Å². The standard InChI is InChI=1S/C12H18N2O3/c1-9(2)17-7-6-13-11-4-5-12(14(15)16)10(3)8-11/h4-5,8-9,13H,6-7H2,1-3H3. The predicted molar refractivity (Wildman–Crippen MR) is 67.4 cm³/mol. The second-order valence-electron chi connectivity index (χ2n) is 4.10. The molecular formula is C12H18N2O3. The molecule has 0 bridgehead atoms. The highest BCUT2D eigenvalue weighted by Gasteiger charge is 2.09. The van der Waals surface area contributed by atoms with Crippen LogP contribution < -0.4 is 5.32 Å². The van der Waals surface area contributed by atoms with Crippen LogP contribution in [0.5, 0.6) is 0 Å². The van der Waals surface area contributed by atoms with Crippen molar-refractivity contribution in [1.29, 1.82) is 0 Å². The van der Waals surface area contributed by atoms with Crippen LogP contribution in [0.3, 0.4) is 0 Å². The van der Waals surface area contributed by atoms with Gasteiger partial charge in [0.25, 0.3) is 5.69 Å². The lowest BCUT2D eigenvalue weighted by Gasteiger charge is -2.10. The predicted octanol–water partition coefficient (Wildman–Crippen LogP) is 2.74. The van der Waals surface area contributed by atoms with Gasteiger partial charge in [0.1, 0.15) is 0 Å². The third-order valence-electron chi connectivity index (χ3n) is 2.28. The van der Waals surface area contributed by atoms with E-state index in [4.69, 9.17) is 4.74 Å². The molecule has 0 atom stereocenters. The van der Waals surface area contributed by atoms with Gasteiger partial charge < -0.3 is 10.1 Å². The molecule has 5 heteroatoms. The number of benzene rings is 1. The minimum absolute atomic E-state index is 0.147. The molecule has 1 aromatic carbocycles. The number of rotatable bonds is 6. The number of nitrogens with one attached hydrogen (secondary N) is 1. The van der Waals surface area contributed by atoms with Crippen LogP contribution in [0.15, 0.2) is 18.2 Å². The summed E-state index contributed by atoms with van der Waals surface area (Å²) in [6.07, 6.45) is 0.218. The largest absolute Gasteiger partial charge is 0.383 e. The van der Waals surface area contributed by atoms with Crippen molar-refractivity contribution in [2.75, 3.05) is 18.5 Å². The molecule has 1 rings (SSSR count). The van der Waals surface area contributed by atoms with Gasteiger partial charge in [-0.1, -0.05) is 0 Å². The molecule has 0 saturated carbocycles. The molecule has 0 fully saturated rings. The van der Waals surface area contributed by atoms with Crippen LogP contribution in [0.2, 0.25) is 0 Å². The van der Waals surface area contributed by atoms with Crippen molar-refractivity contribution in [2.24, 2.45) is 0 Å². The molecule has 0 aliphatic heterocycles. The quantitative estimate of drug-likeness (QED) is 0.470. The SMILES string of the molecule is Cc1cc(NCCOC(C)C)ccc1[N+](=O)[O-]. The van der Waals surface area contributed by atoms with E-state index in [1.165, 1.54) is 6.07 Å². The maximum atomic E-state index is 10.6. The summed E-state index contributed by atoms with van der Waals surface area (Å²) in [5, 5.41) is 13.8. The highest BCUT2D eigenvalue weighted by atomic mass is 16.6. The zero-order valence-corrected chi connectivity index (χ0v) is 10.4. The van der Waals surface area contributed by atoms with E-state index in [9.17, 15) is 10.1 Å². The number of anilines is 1. The van der Waals surface area contributed by atoms with Gasteiger partial charge in [-0.25, -0.2) is 0 Å². The molecule has 5 nitrogen and oxygen atoms in total. The summed E-state index contributed by atoms with van der Waals surface area (Å²) in [5.74, 6) is 0. The molecule has 1 aromatic rings. The molecule has 0 radical (unpaired) electrons. The fraction of sp³-hybridized carbons (Fsp3) is 0.500. The van der Waals surface area contributed by atoms with E-state index >= 15 is 0 Å². The van der Waals surface area contributed by atoms with Crippen LogP contribution in [-0.2, 0) is 4.74 Å². The Hall–Kier alpha value is -1.62. The Morgan fingerprint density at radius 3 is 2.71 bits per heavy atom. The Labute approximate surface area is 101 Å². The van der Waals surface area contributed by atoms with Crippen LogP contribution in [-0.4, -0.2) is 24.2 Å². The molecule has 0 saturated heterocycles. The topological polar surface area (TPSA) is 64.4 Å². The highest BCUT2D eigenvalue weighted by molar-refractivity contribution is 5.53. The second kappa shape index (κ2) is 6.20. The minimum Gasteiger partial charge on any atom is -0.383 e. The lowest BCUT2D eigenvalue weighted by Crippen LogP contribution is -2.13. The number of nitrogens with zero attached hydrogens (tertiary/aromatic N) is 1. The first-order valence-corrected chi connectivity index (χ1v) is 5.61. The highest BCUT2D eigenvalue weighted by Crippen LogP contribution is 2.21. The van der Waals surface area contributed by atoms with E-state index < -0.39 is 0 Å². The van der Waals surface area contributed by atoms with Crippen LogP contribution in [0.4, 0.5) is 11.4 Å². The van der Waals surface area contributed by atoms with Crippen molar-refractivity contribution in [1.82, 2.24) is 0 Å². The zero-order valence-electron chi connectivity index (χ0n) is 10.4. The van der Waals surface area contributed by atoms with Crippen LogP contribution >= 0.6 is 0 Å². The Morgan fingerprint density at radius 2 is 2.18 bits per heavy atom. The van der Waals surface area contributed by atoms with Gasteiger partial charge in [-0.2, -0.15) is 0 Å². The van der Waals surface area contributed by atoms with Crippen molar-refractivity contribution in [3.05, 3.63) is 33.9 Å². The molecule has 94 valence electrons. The summed E-state index contributed by atoms with van der Waals surface area (Å²) in [7, 11) is 0. The van der Waals surface area contributed by atoms with Crippen molar-refractivity contribution >= 4 is 11.4 Å². The fourth-order valence-electron chi connectivity index (χ4n) is 1.46. The molecule has 17 heavy (non-hydrogen) atoms. The first-order valence-electron chi connectivity index (χ1n) is 5.61. The lowest BCUT2D eigenvalue weighted by atomic mass is 10.2. The Kier molecular flexibility index (Phi) is 4.90. The molecule has 0 spiro atoms. The van der Waals surface area contributed by atoms with Gasteiger partial charge in [0, 0.05) is 23.9 Å².